The lowest BCUT2D eigenvalue weighted by molar-refractivity contribution is -0.131. The molecule has 19 heavy (non-hydrogen) atoms. The van der Waals surface area contributed by atoms with Crippen molar-refractivity contribution in [1.29, 1.82) is 0 Å². The van der Waals surface area contributed by atoms with Crippen LogP contribution >= 0.6 is 0 Å². The van der Waals surface area contributed by atoms with Crippen LogP contribution < -0.4 is 0 Å². The fourth-order valence-electron chi connectivity index (χ4n) is 2.90. The summed E-state index contributed by atoms with van der Waals surface area (Å²) in [7, 11) is 0. The lowest BCUT2D eigenvalue weighted by Crippen LogP contribution is -2.33. The second-order valence-corrected chi connectivity index (χ2v) is 5.97. The molecule has 0 aliphatic heterocycles. The van der Waals surface area contributed by atoms with Gasteiger partial charge in [0.15, 0.2) is 5.78 Å². The Balaban J connectivity index is 2.66. The van der Waals surface area contributed by atoms with Crippen molar-refractivity contribution in [3.8, 4) is 0 Å². The third kappa shape index (κ3) is 1.70. The van der Waals surface area contributed by atoms with E-state index in [0.29, 0.717) is 0 Å². The molecule has 100 valence electrons. The summed E-state index contributed by atoms with van der Waals surface area (Å²) in [5.74, 6) is -2.35. The summed E-state index contributed by atoms with van der Waals surface area (Å²) >= 11 is 0. The Labute approximate surface area is 111 Å². The summed E-state index contributed by atoms with van der Waals surface area (Å²) in [6, 6.07) is 4.71. The van der Waals surface area contributed by atoms with Crippen LogP contribution in [0, 0.1) is 0 Å². The fraction of sp³-hybridized carbons (Fsp3) is 0.400. The fourth-order valence-corrected chi connectivity index (χ4v) is 2.90. The Morgan fingerprint density at radius 3 is 2.05 bits per heavy atom. The van der Waals surface area contributed by atoms with E-state index < -0.39 is 22.6 Å². The van der Waals surface area contributed by atoms with Crippen LogP contribution in [-0.2, 0) is 20.4 Å². The van der Waals surface area contributed by atoms with Crippen molar-refractivity contribution in [2.75, 3.05) is 0 Å². The van der Waals surface area contributed by atoms with Crippen LogP contribution in [0.3, 0.4) is 0 Å². The summed E-state index contributed by atoms with van der Waals surface area (Å²) in [4.78, 5) is 34.7. The second-order valence-electron chi connectivity index (χ2n) is 5.97. The number of fused-ring (bicyclic) bond motifs is 1. The highest BCUT2D eigenvalue weighted by Crippen LogP contribution is 2.46. The van der Waals surface area contributed by atoms with Crippen LogP contribution in [0.5, 0.6) is 0 Å². The number of carboxylic acids is 1. The Kier molecular flexibility index (Phi) is 2.66. The molecule has 2 rings (SSSR count). The van der Waals surface area contributed by atoms with Gasteiger partial charge >= 0.3 is 5.97 Å². The topological polar surface area (TPSA) is 71.4 Å². The number of hydrogen-bond acceptors (Lipinski definition) is 3. The van der Waals surface area contributed by atoms with Gasteiger partial charge < -0.3 is 5.11 Å². The molecule has 0 fully saturated rings. The molecule has 0 radical (unpaired) electrons. The van der Waals surface area contributed by atoms with Crippen molar-refractivity contribution in [3.63, 3.8) is 0 Å². The van der Waals surface area contributed by atoms with Crippen molar-refractivity contribution in [1.82, 2.24) is 0 Å². The Morgan fingerprint density at radius 2 is 1.53 bits per heavy atom. The molecule has 0 heterocycles. The predicted octanol–water partition coefficient (Wildman–Crippen LogP) is 2.09. The number of carbonyl (C=O) groups is 3. The molecule has 4 nitrogen and oxygen atoms in total. The van der Waals surface area contributed by atoms with Crippen LogP contribution in [0.2, 0.25) is 0 Å². The normalized spacial score (nSPS) is 19.1. The van der Waals surface area contributed by atoms with Crippen molar-refractivity contribution < 1.29 is 19.5 Å². The van der Waals surface area contributed by atoms with Gasteiger partial charge in [0.2, 0.25) is 0 Å². The van der Waals surface area contributed by atoms with Crippen molar-refractivity contribution >= 4 is 17.5 Å². The Hall–Kier alpha value is -1.97. The number of Topliss-reactive ketones (excluding diaryl/α,β-unsaturated/α-hetero) is 2. The third-order valence-electron chi connectivity index (χ3n) is 3.96. The van der Waals surface area contributed by atoms with E-state index in [9.17, 15) is 14.4 Å². The zero-order valence-corrected chi connectivity index (χ0v) is 11.4. The number of benzene rings is 1. The number of aliphatic carboxylic acids is 1. The maximum absolute atomic E-state index is 12.4. The van der Waals surface area contributed by atoms with Gasteiger partial charge in [0, 0.05) is 16.4 Å². The second kappa shape index (κ2) is 3.76. The highest BCUT2D eigenvalue weighted by Gasteiger charge is 2.50. The van der Waals surface area contributed by atoms with E-state index in [1.165, 1.54) is 6.07 Å². The summed E-state index contributed by atoms with van der Waals surface area (Å²) in [5.41, 5.74) is 0.418. The first kappa shape index (κ1) is 13.5. The van der Waals surface area contributed by atoms with Crippen LogP contribution in [0.4, 0.5) is 0 Å². The SMILES string of the molecule is CC1(C)C(=O)C(C)(C)c2cc(C(=O)C(=O)O)ccc21. The lowest BCUT2D eigenvalue weighted by Gasteiger charge is -2.21. The first-order valence-electron chi connectivity index (χ1n) is 6.07. The Morgan fingerprint density at radius 1 is 1.00 bits per heavy atom. The monoisotopic (exact) mass is 260 g/mol. The van der Waals surface area contributed by atoms with Gasteiger partial charge in [-0.3, -0.25) is 9.59 Å². The number of carboxylic acid groups (broad SMARTS) is 1. The summed E-state index contributed by atoms with van der Waals surface area (Å²) in [6.07, 6.45) is 0. The van der Waals surface area contributed by atoms with E-state index in [2.05, 4.69) is 0 Å². The van der Waals surface area contributed by atoms with Crippen LogP contribution in [0.25, 0.3) is 0 Å². The van der Waals surface area contributed by atoms with Gasteiger partial charge in [0.25, 0.3) is 5.78 Å². The molecule has 0 atom stereocenters. The van der Waals surface area contributed by atoms with Crippen LogP contribution in [0.1, 0.15) is 49.2 Å². The maximum atomic E-state index is 12.4. The molecular weight excluding hydrogens is 244 g/mol. The van der Waals surface area contributed by atoms with E-state index in [0.717, 1.165) is 11.1 Å². The molecule has 1 aromatic carbocycles. The molecule has 1 aromatic rings. The molecule has 1 aliphatic carbocycles. The quantitative estimate of drug-likeness (QED) is 0.653. The lowest BCUT2D eigenvalue weighted by atomic mass is 9.80. The largest absolute Gasteiger partial charge is 0.475 e. The molecular formula is C15H16O4. The van der Waals surface area contributed by atoms with Gasteiger partial charge in [0.05, 0.1) is 0 Å². The molecule has 0 saturated heterocycles. The zero-order chi connectivity index (χ0) is 14.6. The average Bonchev–Trinajstić information content (AvgIpc) is 2.47. The molecule has 0 amide bonds. The van der Waals surface area contributed by atoms with Gasteiger partial charge in [0.1, 0.15) is 0 Å². The van der Waals surface area contributed by atoms with E-state index in [1.807, 2.05) is 13.8 Å². The molecule has 0 unspecified atom stereocenters. The third-order valence-corrected chi connectivity index (χ3v) is 3.96. The minimum Gasteiger partial charge on any atom is -0.475 e. The van der Waals surface area contributed by atoms with E-state index in [4.69, 9.17) is 5.11 Å². The maximum Gasteiger partial charge on any atom is 0.377 e. The first-order chi connectivity index (χ1) is 8.60. The summed E-state index contributed by atoms with van der Waals surface area (Å²) in [6.45, 7) is 7.30. The molecule has 0 saturated carbocycles. The van der Waals surface area contributed by atoms with Crippen LogP contribution in [-0.4, -0.2) is 22.6 Å². The van der Waals surface area contributed by atoms with Crippen molar-refractivity contribution in [3.05, 3.63) is 34.9 Å². The van der Waals surface area contributed by atoms with Gasteiger partial charge in [-0.25, -0.2) is 4.79 Å². The van der Waals surface area contributed by atoms with E-state index in [-0.39, 0.29) is 11.3 Å². The summed E-state index contributed by atoms with van der Waals surface area (Å²) in [5, 5.41) is 8.75. The van der Waals surface area contributed by atoms with E-state index >= 15 is 0 Å². The predicted molar refractivity (Wildman–Crippen MR) is 69.5 cm³/mol. The molecule has 4 heteroatoms. The molecule has 0 aromatic heterocycles. The van der Waals surface area contributed by atoms with Gasteiger partial charge in [-0.15, -0.1) is 0 Å². The van der Waals surface area contributed by atoms with Crippen molar-refractivity contribution in [2.45, 2.75) is 38.5 Å². The minimum absolute atomic E-state index is 0.0786. The van der Waals surface area contributed by atoms with E-state index in [1.54, 1.807) is 26.0 Å². The van der Waals surface area contributed by atoms with Gasteiger partial charge in [-0.1, -0.05) is 12.1 Å². The molecule has 0 spiro atoms. The highest BCUT2D eigenvalue weighted by molar-refractivity contribution is 6.39. The highest BCUT2D eigenvalue weighted by atomic mass is 16.4. The number of hydrogen-bond donors (Lipinski definition) is 1. The molecule has 1 N–H and O–H groups in total. The zero-order valence-electron chi connectivity index (χ0n) is 11.4. The summed E-state index contributed by atoms with van der Waals surface area (Å²) < 4.78 is 0. The Bertz CT molecular complexity index is 609. The first-order valence-corrected chi connectivity index (χ1v) is 6.07. The smallest absolute Gasteiger partial charge is 0.377 e. The molecule has 0 bridgehead atoms. The van der Waals surface area contributed by atoms with Crippen LogP contribution in [0.15, 0.2) is 18.2 Å². The minimum atomic E-state index is -1.48. The number of ketones is 2. The number of rotatable bonds is 2. The molecule has 1 aliphatic rings. The van der Waals surface area contributed by atoms with Gasteiger partial charge in [-0.05, 0) is 44.9 Å². The number of carbonyl (C=O) groups excluding carboxylic acids is 2. The van der Waals surface area contributed by atoms with Gasteiger partial charge in [-0.2, -0.15) is 0 Å². The van der Waals surface area contributed by atoms with Crippen molar-refractivity contribution in [2.24, 2.45) is 0 Å². The average molecular weight is 260 g/mol. The standard InChI is InChI=1S/C15H16O4/c1-14(2)9-6-5-8(11(16)12(17)18)7-10(9)15(3,4)13(14)19/h5-7H,1-4H3,(H,17,18).